The average Bonchev–Trinajstić information content (AvgIpc) is 3.55. The van der Waals surface area contributed by atoms with Crippen molar-refractivity contribution in [3.63, 3.8) is 0 Å². The summed E-state index contributed by atoms with van der Waals surface area (Å²) in [7, 11) is 1.72. The van der Waals surface area contributed by atoms with Crippen LogP contribution in [0.25, 0.3) is 5.13 Å². The second kappa shape index (κ2) is 10.8. The van der Waals surface area contributed by atoms with E-state index in [1.807, 2.05) is 6.07 Å². The van der Waals surface area contributed by atoms with E-state index in [0.29, 0.717) is 0 Å². The topological polar surface area (TPSA) is 52.9 Å². The van der Waals surface area contributed by atoms with Gasteiger partial charge in [-0.1, -0.05) is 24.3 Å². The smallest absolute Gasteiger partial charge is 0.218 e. The number of ether oxygens (including phenoxy) is 1. The third kappa shape index (κ3) is 5.21. The van der Waals surface area contributed by atoms with Crippen LogP contribution in [-0.2, 0) is 6.54 Å². The van der Waals surface area contributed by atoms with E-state index in [4.69, 9.17) is 4.74 Å². The lowest BCUT2D eigenvalue weighted by Crippen LogP contribution is -2.46. The van der Waals surface area contributed by atoms with Crippen LogP contribution in [-0.4, -0.2) is 90.6 Å². The van der Waals surface area contributed by atoms with E-state index < -0.39 is 0 Å². The molecule has 34 heavy (non-hydrogen) atoms. The van der Waals surface area contributed by atoms with Gasteiger partial charge in [-0.15, -0.1) is 10.2 Å². The summed E-state index contributed by atoms with van der Waals surface area (Å²) in [6, 6.07) is 12.7. The summed E-state index contributed by atoms with van der Waals surface area (Å²) in [4.78, 5) is 9.89. The van der Waals surface area contributed by atoms with Gasteiger partial charge in [-0.05, 0) is 37.2 Å². The molecule has 0 N–H and O–H groups in total. The zero-order chi connectivity index (χ0) is 23.3. The normalized spacial score (nSPS) is 17.9. The molecule has 182 valence electrons. The molecular weight excluding hydrogens is 446 g/mol. The van der Waals surface area contributed by atoms with Gasteiger partial charge in [-0.3, -0.25) is 14.4 Å². The third-order valence-electron chi connectivity index (χ3n) is 6.80. The Bertz CT molecular complexity index is 1050. The Balaban J connectivity index is 1.18. The Labute approximate surface area is 206 Å². The second-order valence-corrected chi connectivity index (χ2v) is 9.96. The molecule has 0 bridgehead atoms. The van der Waals surface area contributed by atoms with Crippen LogP contribution in [0.15, 0.2) is 42.6 Å². The van der Waals surface area contributed by atoms with Crippen molar-refractivity contribution in [2.75, 3.05) is 75.8 Å². The molecule has 0 saturated carbocycles. The molecule has 0 atom stereocenters. The molecule has 2 aliphatic rings. The average molecular weight is 482 g/mol. The largest absolute Gasteiger partial charge is 0.497 e. The van der Waals surface area contributed by atoms with Crippen molar-refractivity contribution in [1.29, 1.82) is 0 Å². The first-order valence-electron chi connectivity index (χ1n) is 12.3. The van der Waals surface area contributed by atoms with Gasteiger partial charge < -0.3 is 14.5 Å². The van der Waals surface area contributed by atoms with Crippen molar-refractivity contribution in [3.05, 3.63) is 48.3 Å². The molecule has 0 spiro atoms. The maximum Gasteiger partial charge on any atom is 0.218 e. The molecule has 2 aromatic heterocycles. The van der Waals surface area contributed by atoms with E-state index in [1.54, 1.807) is 18.4 Å². The van der Waals surface area contributed by atoms with Crippen LogP contribution in [0.2, 0.25) is 0 Å². The summed E-state index contributed by atoms with van der Waals surface area (Å²) >= 11 is 1.70. The van der Waals surface area contributed by atoms with Gasteiger partial charge in [0.15, 0.2) is 0 Å². The number of rotatable bonds is 8. The first kappa shape index (κ1) is 23.1. The van der Waals surface area contributed by atoms with Gasteiger partial charge in [0.05, 0.1) is 7.11 Å². The minimum Gasteiger partial charge on any atom is -0.497 e. The minimum atomic E-state index is 0.914. The minimum absolute atomic E-state index is 0.914. The van der Waals surface area contributed by atoms with Crippen molar-refractivity contribution in [2.24, 2.45) is 0 Å². The highest BCUT2D eigenvalue weighted by molar-refractivity contribution is 7.17. The Morgan fingerprint density at radius 1 is 0.853 bits per heavy atom. The van der Waals surface area contributed by atoms with Gasteiger partial charge in [0.1, 0.15) is 5.75 Å². The van der Waals surface area contributed by atoms with Crippen LogP contribution in [0.3, 0.4) is 0 Å². The number of methoxy groups -OCH3 is 1. The quantitative estimate of drug-likeness (QED) is 0.490. The number of hydrogen-bond donors (Lipinski definition) is 0. The van der Waals surface area contributed by atoms with E-state index in [-0.39, 0.29) is 0 Å². The summed E-state index contributed by atoms with van der Waals surface area (Å²) in [6.07, 6.45) is 3.33. The van der Waals surface area contributed by atoms with Crippen LogP contribution in [0.5, 0.6) is 5.75 Å². The molecule has 9 heteroatoms. The first-order valence-corrected chi connectivity index (χ1v) is 13.1. The Kier molecular flexibility index (Phi) is 7.32. The van der Waals surface area contributed by atoms with Crippen LogP contribution in [0.4, 0.5) is 10.8 Å². The molecule has 2 saturated heterocycles. The summed E-state index contributed by atoms with van der Waals surface area (Å²) in [5.74, 6) is 0.914. The van der Waals surface area contributed by atoms with E-state index in [9.17, 15) is 0 Å². The molecule has 0 aliphatic carbocycles. The molecule has 1 aromatic carbocycles. The van der Waals surface area contributed by atoms with Crippen molar-refractivity contribution >= 4 is 22.2 Å². The van der Waals surface area contributed by atoms with Gasteiger partial charge in [0.2, 0.25) is 10.3 Å². The van der Waals surface area contributed by atoms with Gasteiger partial charge in [0, 0.05) is 82.5 Å². The lowest BCUT2D eigenvalue weighted by Gasteiger charge is -2.36. The highest BCUT2D eigenvalue weighted by Gasteiger charge is 2.22. The fourth-order valence-corrected chi connectivity index (χ4v) is 5.76. The summed E-state index contributed by atoms with van der Waals surface area (Å²) in [5, 5.41) is 11.1. The number of aromatic nitrogens is 3. The molecule has 0 unspecified atom stereocenters. The number of benzene rings is 1. The van der Waals surface area contributed by atoms with Crippen LogP contribution >= 0.6 is 11.3 Å². The molecule has 4 heterocycles. The molecule has 8 nitrogen and oxygen atoms in total. The number of hydrogen-bond acceptors (Lipinski definition) is 8. The monoisotopic (exact) mass is 481 g/mol. The van der Waals surface area contributed by atoms with Crippen molar-refractivity contribution in [3.8, 4) is 10.9 Å². The second-order valence-electron chi connectivity index (χ2n) is 9.03. The Morgan fingerprint density at radius 2 is 1.59 bits per heavy atom. The lowest BCUT2D eigenvalue weighted by molar-refractivity contribution is 0.246. The van der Waals surface area contributed by atoms with Gasteiger partial charge in [-0.2, -0.15) is 0 Å². The van der Waals surface area contributed by atoms with E-state index in [2.05, 4.69) is 77.8 Å². The molecule has 0 radical (unpaired) electrons. The zero-order valence-electron chi connectivity index (χ0n) is 20.3. The van der Waals surface area contributed by atoms with Crippen molar-refractivity contribution in [1.82, 2.24) is 24.6 Å². The van der Waals surface area contributed by atoms with Gasteiger partial charge >= 0.3 is 0 Å². The maximum atomic E-state index is 5.39. The van der Waals surface area contributed by atoms with E-state index >= 15 is 0 Å². The van der Waals surface area contributed by atoms with Crippen molar-refractivity contribution in [2.45, 2.75) is 19.9 Å². The molecule has 2 aliphatic heterocycles. The molecule has 2 fully saturated rings. The van der Waals surface area contributed by atoms with Gasteiger partial charge in [-0.25, -0.2) is 0 Å². The Hall–Kier alpha value is -2.62. The SMILES string of the molecule is CCCN1CCN(c2nnc(-n3cccc3CN3CCN(c4cccc(OC)c4)CC3)s2)CC1. The fraction of sp³-hybridized carbons (Fsp3) is 0.520. The lowest BCUT2D eigenvalue weighted by atomic mass is 10.2. The predicted octanol–water partition coefficient (Wildman–Crippen LogP) is 3.19. The zero-order valence-corrected chi connectivity index (χ0v) is 21.1. The molecular formula is C25H35N7OS. The summed E-state index contributed by atoms with van der Waals surface area (Å²) < 4.78 is 7.60. The highest BCUT2D eigenvalue weighted by atomic mass is 32.1. The van der Waals surface area contributed by atoms with E-state index in [0.717, 1.165) is 74.9 Å². The summed E-state index contributed by atoms with van der Waals surface area (Å²) in [6.45, 7) is 12.7. The summed E-state index contributed by atoms with van der Waals surface area (Å²) in [5.41, 5.74) is 2.50. The number of piperazine rings is 2. The highest BCUT2D eigenvalue weighted by Crippen LogP contribution is 2.27. The number of nitrogens with zero attached hydrogens (tertiary/aromatic N) is 7. The van der Waals surface area contributed by atoms with Crippen LogP contribution in [0, 0.1) is 0 Å². The standard InChI is InChI=1S/C25H35N7OS/c1-3-9-28-11-17-31(18-12-28)24-26-27-25(34-24)32-10-5-7-22(32)20-29-13-15-30(16-14-29)21-6-4-8-23(19-21)33-2/h4-8,10,19H,3,9,11-18,20H2,1-2H3. The number of anilines is 2. The third-order valence-corrected chi connectivity index (χ3v) is 7.79. The predicted molar refractivity (Wildman–Crippen MR) is 139 cm³/mol. The first-order chi connectivity index (χ1) is 16.7. The van der Waals surface area contributed by atoms with Crippen LogP contribution < -0.4 is 14.5 Å². The maximum absolute atomic E-state index is 5.39. The van der Waals surface area contributed by atoms with Crippen molar-refractivity contribution < 1.29 is 4.74 Å². The van der Waals surface area contributed by atoms with Crippen LogP contribution in [0.1, 0.15) is 19.0 Å². The van der Waals surface area contributed by atoms with Gasteiger partial charge in [0.25, 0.3) is 0 Å². The fourth-order valence-electron chi connectivity index (χ4n) is 4.84. The molecule has 3 aromatic rings. The molecule has 0 amide bonds. The Morgan fingerprint density at radius 3 is 2.35 bits per heavy atom. The van der Waals surface area contributed by atoms with E-state index in [1.165, 1.54) is 24.3 Å². The molecule has 5 rings (SSSR count).